The normalized spacial score (nSPS) is 19.4. The average molecular weight is 423 g/mol. The third-order valence-corrected chi connectivity index (χ3v) is 7.66. The number of hydrogen-bond donors (Lipinski definition) is 2. The van der Waals surface area contributed by atoms with Crippen molar-refractivity contribution in [3.63, 3.8) is 0 Å². The SMILES string of the molecule is CCN(CC)c1ccc(-c2c[nH]c([C@@H](NCC3CCCCC3)C3CCCCC3)n2)cc1. The van der Waals surface area contributed by atoms with Crippen LogP contribution in [0.2, 0.25) is 0 Å². The van der Waals surface area contributed by atoms with Gasteiger partial charge in [0.1, 0.15) is 5.82 Å². The van der Waals surface area contributed by atoms with E-state index in [1.807, 2.05) is 0 Å². The minimum absolute atomic E-state index is 0.367. The first-order valence-corrected chi connectivity index (χ1v) is 12.9. The maximum Gasteiger partial charge on any atom is 0.124 e. The summed E-state index contributed by atoms with van der Waals surface area (Å²) in [7, 11) is 0. The number of aromatic nitrogens is 2. The summed E-state index contributed by atoms with van der Waals surface area (Å²) in [4.78, 5) is 11.1. The van der Waals surface area contributed by atoms with Crippen molar-refractivity contribution in [3.8, 4) is 11.3 Å². The molecule has 2 aliphatic carbocycles. The Bertz CT molecular complexity index is 765. The van der Waals surface area contributed by atoms with E-state index < -0.39 is 0 Å². The largest absolute Gasteiger partial charge is 0.372 e. The van der Waals surface area contributed by atoms with E-state index in [-0.39, 0.29) is 0 Å². The highest BCUT2D eigenvalue weighted by Crippen LogP contribution is 2.35. The number of H-pyrrole nitrogens is 1. The van der Waals surface area contributed by atoms with Crippen LogP contribution in [0.15, 0.2) is 30.5 Å². The van der Waals surface area contributed by atoms with Crippen molar-refractivity contribution in [2.75, 3.05) is 24.5 Å². The van der Waals surface area contributed by atoms with Gasteiger partial charge in [0.15, 0.2) is 0 Å². The van der Waals surface area contributed by atoms with E-state index in [4.69, 9.17) is 4.98 Å². The second-order valence-corrected chi connectivity index (χ2v) is 9.68. The van der Waals surface area contributed by atoms with Crippen LogP contribution in [0.25, 0.3) is 11.3 Å². The van der Waals surface area contributed by atoms with Gasteiger partial charge in [0.05, 0.1) is 11.7 Å². The topological polar surface area (TPSA) is 44.0 Å². The molecular weight excluding hydrogens is 380 g/mol. The van der Waals surface area contributed by atoms with Crippen molar-refractivity contribution >= 4 is 5.69 Å². The highest BCUT2D eigenvalue weighted by molar-refractivity contribution is 5.62. The van der Waals surface area contributed by atoms with Gasteiger partial charge in [-0.05, 0) is 70.0 Å². The summed E-state index contributed by atoms with van der Waals surface area (Å²) >= 11 is 0. The van der Waals surface area contributed by atoms with Crippen LogP contribution in [0.4, 0.5) is 5.69 Å². The molecular formula is C27H42N4. The molecule has 0 spiro atoms. The molecule has 1 heterocycles. The lowest BCUT2D eigenvalue weighted by atomic mass is 9.83. The minimum atomic E-state index is 0.367. The van der Waals surface area contributed by atoms with E-state index in [1.165, 1.54) is 75.5 Å². The monoisotopic (exact) mass is 422 g/mol. The maximum atomic E-state index is 5.10. The molecule has 4 heteroatoms. The van der Waals surface area contributed by atoms with E-state index in [0.29, 0.717) is 12.0 Å². The molecule has 0 aliphatic heterocycles. The van der Waals surface area contributed by atoms with Crippen LogP contribution in [-0.2, 0) is 0 Å². The number of aromatic amines is 1. The molecule has 2 fully saturated rings. The van der Waals surface area contributed by atoms with Crippen molar-refractivity contribution in [1.29, 1.82) is 0 Å². The second-order valence-electron chi connectivity index (χ2n) is 9.68. The molecule has 0 radical (unpaired) electrons. The summed E-state index contributed by atoms with van der Waals surface area (Å²) in [6, 6.07) is 9.27. The fourth-order valence-corrected chi connectivity index (χ4v) is 5.71. The number of nitrogens with zero attached hydrogens (tertiary/aromatic N) is 2. The molecule has 4 rings (SSSR count). The van der Waals surface area contributed by atoms with E-state index in [2.05, 4.69) is 59.5 Å². The van der Waals surface area contributed by atoms with Crippen LogP contribution >= 0.6 is 0 Å². The van der Waals surface area contributed by atoms with Gasteiger partial charge in [-0.15, -0.1) is 0 Å². The summed E-state index contributed by atoms with van der Waals surface area (Å²) in [5, 5.41) is 3.98. The number of nitrogens with one attached hydrogen (secondary N) is 2. The standard InChI is InChI=1S/C27H42N4/c1-3-31(4-2)24-17-15-22(16-18-24)25-20-29-27(30-25)26(23-13-9-6-10-14-23)28-19-21-11-7-5-8-12-21/h15-18,20-21,23,26,28H,3-14,19H2,1-2H3,(H,29,30)/t26-/m0/s1. The predicted octanol–water partition coefficient (Wildman–Crippen LogP) is 6.71. The van der Waals surface area contributed by atoms with Gasteiger partial charge in [0, 0.05) is 30.5 Å². The molecule has 2 aromatic rings. The summed E-state index contributed by atoms with van der Waals surface area (Å²) in [6.07, 6.45) is 15.9. The molecule has 1 aromatic heterocycles. The number of anilines is 1. The van der Waals surface area contributed by atoms with Crippen molar-refractivity contribution < 1.29 is 0 Å². The highest BCUT2D eigenvalue weighted by Gasteiger charge is 2.28. The molecule has 170 valence electrons. The van der Waals surface area contributed by atoms with Gasteiger partial charge in [-0.1, -0.05) is 50.7 Å². The first kappa shape index (κ1) is 22.4. The van der Waals surface area contributed by atoms with Gasteiger partial charge in [-0.25, -0.2) is 4.98 Å². The summed E-state index contributed by atoms with van der Waals surface area (Å²) in [5.41, 5.74) is 3.56. The van der Waals surface area contributed by atoms with Crippen LogP contribution in [0.1, 0.15) is 89.9 Å². The zero-order valence-electron chi connectivity index (χ0n) is 19.7. The summed E-state index contributed by atoms with van der Waals surface area (Å²) in [5.74, 6) is 2.70. The quantitative estimate of drug-likeness (QED) is 0.472. The molecule has 1 aromatic carbocycles. The number of hydrogen-bond acceptors (Lipinski definition) is 3. The molecule has 2 saturated carbocycles. The lowest BCUT2D eigenvalue weighted by Crippen LogP contribution is -2.34. The van der Waals surface area contributed by atoms with E-state index in [1.54, 1.807) is 0 Å². The molecule has 0 saturated heterocycles. The molecule has 31 heavy (non-hydrogen) atoms. The Morgan fingerprint density at radius 1 is 0.935 bits per heavy atom. The van der Waals surface area contributed by atoms with Gasteiger partial charge in [-0.3, -0.25) is 0 Å². The minimum Gasteiger partial charge on any atom is -0.372 e. The smallest absolute Gasteiger partial charge is 0.124 e. The summed E-state index contributed by atoms with van der Waals surface area (Å²) < 4.78 is 0. The molecule has 2 aliphatic rings. The number of benzene rings is 1. The van der Waals surface area contributed by atoms with Gasteiger partial charge in [0.2, 0.25) is 0 Å². The molecule has 4 nitrogen and oxygen atoms in total. The second kappa shape index (κ2) is 11.2. The molecule has 0 bridgehead atoms. The van der Waals surface area contributed by atoms with Crippen molar-refractivity contribution in [3.05, 3.63) is 36.3 Å². The maximum absolute atomic E-state index is 5.10. The highest BCUT2D eigenvalue weighted by atomic mass is 15.1. The van der Waals surface area contributed by atoms with Crippen molar-refractivity contribution in [2.45, 2.75) is 84.1 Å². The van der Waals surface area contributed by atoms with Crippen LogP contribution < -0.4 is 10.2 Å². The first-order chi connectivity index (χ1) is 15.3. The van der Waals surface area contributed by atoms with Crippen molar-refractivity contribution in [2.24, 2.45) is 11.8 Å². The Balaban J connectivity index is 1.48. The van der Waals surface area contributed by atoms with Gasteiger partial charge < -0.3 is 15.2 Å². The Morgan fingerprint density at radius 3 is 2.23 bits per heavy atom. The molecule has 0 amide bonds. The molecule has 2 N–H and O–H groups in total. The van der Waals surface area contributed by atoms with E-state index in [0.717, 1.165) is 37.1 Å². The van der Waals surface area contributed by atoms with Crippen molar-refractivity contribution in [1.82, 2.24) is 15.3 Å². The van der Waals surface area contributed by atoms with Gasteiger partial charge in [-0.2, -0.15) is 0 Å². The molecule has 1 atom stereocenters. The van der Waals surface area contributed by atoms with Crippen LogP contribution in [0, 0.1) is 11.8 Å². The first-order valence-electron chi connectivity index (χ1n) is 12.9. The third kappa shape index (κ3) is 5.71. The predicted molar refractivity (Wildman–Crippen MR) is 131 cm³/mol. The number of imidazole rings is 1. The van der Waals surface area contributed by atoms with Crippen LogP contribution in [-0.4, -0.2) is 29.6 Å². The fraction of sp³-hybridized carbons (Fsp3) is 0.667. The average Bonchev–Trinajstić information content (AvgIpc) is 3.32. The Morgan fingerprint density at radius 2 is 1.58 bits per heavy atom. The van der Waals surface area contributed by atoms with Crippen LogP contribution in [0.3, 0.4) is 0 Å². The Kier molecular flexibility index (Phi) is 8.07. The number of rotatable bonds is 9. The lowest BCUT2D eigenvalue weighted by molar-refractivity contribution is 0.242. The Hall–Kier alpha value is -1.81. The van der Waals surface area contributed by atoms with Gasteiger partial charge in [0.25, 0.3) is 0 Å². The van der Waals surface area contributed by atoms with Crippen LogP contribution in [0.5, 0.6) is 0 Å². The van der Waals surface area contributed by atoms with E-state index >= 15 is 0 Å². The lowest BCUT2D eigenvalue weighted by Gasteiger charge is -2.32. The summed E-state index contributed by atoms with van der Waals surface area (Å²) in [6.45, 7) is 7.65. The molecule has 0 unspecified atom stereocenters. The van der Waals surface area contributed by atoms with Gasteiger partial charge >= 0.3 is 0 Å². The zero-order chi connectivity index (χ0) is 21.5. The Labute approximate surface area is 189 Å². The third-order valence-electron chi connectivity index (χ3n) is 7.66. The fourth-order valence-electron chi connectivity index (χ4n) is 5.71. The zero-order valence-corrected chi connectivity index (χ0v) is 19.7. The van der Waals surface area contributed by atoms with E-state index in [9.17, 15) is 0 Å².